The van der Waals surface area contributed by atoms with Crippen LogP contribution in [0, 0.1) is 0 Å². The molecule has 0 unspecified atom stereocenters. The molecule has 3 aromatic rings. The summed E-state index contributed by atoms with van der Waals surface area (Å²) in [6.07, 6.45) is 0. The standard InChI is InChI=1S/C22H22.Se/c1-22(2,3)21-16-10-9-15-20(21)19-14-8-7-13-18(19)17-11-5-4-6-12-17;/h4-16H,1-3H3;. The quantitative estimate of drug-likeness (QED) is 0.493. The zero-order valence-electron chi connectivity index (χ0n) is 13.9. The smallest absolute Gasteiger partial charge is 0 e. The molecule has 3 aromatic carbocycles. The molecule has 0 aromatic heterocycles. The molecule has 116 valence electrons. The minimum Gasteiger partial charge on any atom is -0.0622 e. The summed E-state index contributed by atoms with van der Waals surface area (Å²) in [6.45, 7) is 6.82. The zero-order chi connectivity index (χ0) is 15.6. The molecular formula is C22H22Se. The van der Waals surface area contributed by atoms with E-state index in [2.05, 4.69) is 99.6 Å². The van der Waals surface area contributed by atoms with Crippen molar-refractivity contribution in [2.75, 3.05) is 0 Å². The van der Waals surface area contributed by atoms with Gasteiger partial charge in [0.15, 0.2) is 0 Å². The van der Waals surface area contributed by atoms with Gasteiger partial charge in [-0.3, -0.25) is 0 Å². The Bertz CT molecular complexity index is 767. The van der Waals surface area contributed by atoms with Gasteiger partial charge >= 0.3 is 0 Å². The van der Waals surface area contributed by atoms with Crippen molar-refractivity contribution in [2.24, 2.45) is 0 Å². The van der Waals surface area contributed by atoms with Crippen molar-refractivity contribution in [1.82, 2.24) is 0 Å². The minimum atomic E-state index is 0. The van der Waals surface area contributed by atoms with Crippen molar-refractivity contribution in [3.63, 3.8) is 0 Å². The van der Waals surface area contributed by atoms with Gasteiger partial charge in [0.05, 0.1) is 0 Å². The zero-order valence-corrected chi connectivity index (χ0v) is 15.6. The molecule has 0 spiro atoms. The number of hydrogen-bond donors (Lipinski definition) is 0. The van der Waals surface area contributed by atoms with Gasteiger partial charge in [-0.1, -0.05) is 99.6 Å². The summed E-state index contributed by atoms with van der Waals surface area (Å²) in [5.41, 5.74) is 6.70. The van der Waals surface area contributed by atoms with E-state index in [9.17, 15) is 0 Å². The second-order valence-corrected chi connectivity index (χ2v) is 6.71. The monoisotopic (exact) mass is 366 g/mol. The maximum absolute atomic E-state index is 2.27. The minimum absolute atomic E-state index is 0. The molecule has 0 bridgehead atoms. The topological polar surface area (TPSA) is 0 Å². The van der Waals surface area contributed by atoms with E-state index in [1.54, 1.807) is 0 Å². The molecule has 0 atom stereocenters. The van der Waals surface area contributed by atoms with Gasteiger partial charge in [0.1, 0.15) is 0 Å². The molecule has 3 rings (SSSR count). The van der Waals surface area contributed by atoms with Crippen LogP contribution in [0.1, 0.15) is 26.3 Å². The average Bonchev–Trinajstić information content (AvgIpc) is 2.55. The van der Waals surface area contributed by atoms with Gasteiger partial charge < -0.3 is 0 Å². The van der Waals surface area contributed by atoms with Gasteiger partial charge in [-0.05, 0) is 33.2 Å². The van der Waals surface area contributed by atoms with Gasteiger partial charge in [-0.15, -0.1) is 0 Å². The third-order valence-corrected chi connectivity index (χ3v) is 4.04. The van der Waals surface area contributed by atoms with Crippen LogP contribution in [-0.2, 0) is 5.41 Å². The first-order chi connectivity index (χ1) is 10.6. The van der Waals surface area contributed by atoms with Crippen LogP contribution >= 0.6 is 0 Å². The van der Waals surface area contributed by atoms with Crippen molar-refractivity contribution >= 4 is 17.1 Å². The molecule has 23 heavy (non-hydrogen) atoms. The molecule has 0 amide bonds. The predicted molar refractivity (Wildman–Crippen MR) is 102 cm³/mol. The Morgan fingerprint density at radius 1 is 0.522 bits per heavy atom. The molecule has 0 aliphatic carbocycles. The molecule has 0 heterocycles. The van der Waals surface area contributed by atoms with Gasteiger partial charge in [0.2, 0.25) is 0 Å². The second kappa shape index (κ2) is 7.17. The Kier molecular flexibility index (Phi) is 5.46. The average molecular weight is 365 g/mol. The molecule has 0 saturated carbocycles. The first kappa shape index (κ1) is 17.5. The van der Waals surface area contributed by atoms with Crippen molar-refractivity contribution in [3.05, 3.63) is 84.4 Å². The van der Waals surface area contributed by atoms with Crippen molar-refractivity contribution in [1.29, 1.82) is 0 Å². The van der Waals surface area contributed by atoms with Crippen LogP contribution in [0.25, 0.3) is 22.3 Å². The normalized spacial score (nSPS) is 10.9. The van der Waals surface area contributed by atoms with Crippen LogP contribution in [0.5, 0.6) is 0 Å². The van der Waals surface area contributed by atoms with E-state index in [0.29, 0.717) is 0 Å². The van der Waals surface area contributed by atoms with Gasteiger partial charge in [0.25, 0.3) is 0 Å². The number of hydrogen-bond acceptors (Lipinski definition) is 0. The van der Waals surface area contributed by atoms with E-state index in [1.165, 1.54) is 27.8 Å². The van der Waals surface area contributed by atoms with E-state index in [0.717, 1.165) is 0 Å². The molecule has 1 heteroatoms. The molecule has 0 aliphatic rings. The van der Waals surface area contributed by atoms with E-state index < -0.39 is 0 Å². The number of benzene rings is 3. The Labute approximate surface area is 150 Å². The van der Waals surface area contributed by atoms with Crippen molar-refractivity contribution in [2.45, 2.75) is 26.2 Å². The summed E-state index contributed by atoms with van der Waals surface area (Å²) in [4.78, 5) is 0. The maximum Gasteiger partial charge on any atom is 0 e. The van der Waals surface area contributed by atoms with Crippen molar-refractivity contribution < 1.29 is 0 Å². The summed E-state index contributed by atoms with van der Waals surface area (Å²) in [5.74, 6) is 0. The third kappa shape index (κ3) is 3.75. The summed E-state index contributed by atoms with van der Waals surface area (Å²) in [7, 11) is 0. The van der Waals surface area contributed by atoms with Crippen LogP contribution < -0.4 is 0 Å². The fourth-order valence-corrected chi connectivity index (χ4v) is 2.96. The Balaban J connectivity index is 0.00000192. The summed E-state index contributed by atoms with van der Waals surface area (Å²) in [5, 5.41) is 0. The van der Waals surface area contributed by atoms with Gasteiger partial charge in [-0.25, -0.2) is 0 Å². The van der Waals surface area contributed by atoms with Gasteiger partial charge in [-0.2, -0.15) is 0 Å². The largest absolute Gasteiger partial charge is 0.0622 e. The van der Waals surface area contributed by atoms with E-state index in [1.807, 2.05) is 0 Å². The molecule has 0 fully saturated rings. The summed E-state index contributed by atoms with van der Waals surface area (Å²) < 4.78 is 0. The Morgan fingerprint density at radius 2 is 1.00 bits per heavy atom. The van der Waals surface area contributed by atoms with Crippen LogP contribution in [0.2, 0.25) is 0 Å². The van der Waals surface area contributed by atoms with Gasteiger partial charge in [0, 0.05) is 17.1 Å². The van der Waals surface area contributed by atoms with Crippen LogP contribution in [0.3, 0.4) is 0 Å². The molecule has 2 radical (unpaired) electrons. The van der Waals surface area contributed by atoms with Crippen molar-refractivity contribution in [3.8, 4) is 22.3 Å². The molecule has 0 N–H and O–H groups in total. The summed E-state index contributed by atoms with van der Waals surface area (Å²) >= 11 is 0. The van der Waals surface area contributed by atoms with Crippen LogP contribution in [-0.4, -0.2) is 17.1 Å². The number of rotatable bonds is 2. The molecule has 0 saturated heterocycles. The molecular weight excluding hydrogens is 343 g/mol. The Morgan fingerprint density at radius 3 is 1.61 bits per heavy atom. The van der Waals surface area contributed by atoms with Crippen LogP contribution in [0.15, 0.2) is 78.9 Å². The van der Waals surface area contributed by atoms with E-state index >= 15 is 0 Å². The van der Waals surface area contributed by atoms with E-state index in [-0.39, 0.29) is 22.5 Å². The Hall–Kier alpha value is -1.82. The molecule has 0 aliphatic heterocycles. The first-order valence-corrected chi connectivity index (χ1v) is 7.82. The maximum atomic E-state index is 2.27. The summed E-state index contributed by atoms with van der Waals surface area (Å²) in [6, 6.07) is 28.1. The fourth-order valence-electron chi connectivity index (χ4n) is 2.96. The first-order valence-electron chi connectivity index (χ1n) is 7.82. The SMILES string of the molecule is CC(C)(C)c1ccccc1-c1ccccc1-c1ccccc1.[Se]. The third-order valence-electron chi connectivity index (χ3n) is 4.04. The second-order valence-electron chi connectivity index (χ2n) is 6.71. The fraction of sp³-hybridized carbons (Fsp3) is 0.182. The molecule has 0 nitrogen and oxygen atoms in total. The predicted octanol–water partition coefficient (Wildman–Crippen LogP) is 5.94. The van der Waals surface area contributed by atoms with E-state index in [4.69, 9.17) is 0 Å². The van der Waals surface area contributed by atoms with Crippen LogP contribution in [0.4, 0.5) is 0 Å².